The molecule has 0 aromatic rings. The van der Waals surface area contributed by atoms with Gasteiger partial charge in [-0.3, -0.25) is 19.3 Å². The van der Waals surface area contributed by atoms with Gasteiger partial charge in [-0.15, -0.1) is 0 Å². The molecule has 4 N–H and O–H groups in total. The monoisotopic (exact) mass is 384 g/mol. The Kier molecular flexibility index (Phi) is 7.62. The van der Waals surface area contributed by atoms with Gasteiger partial charge in [0.25, 0.3) is 0 Å². The maximum absolute atomic E-state index is 12.7. The third-order valence-electron chi connectivity index (χ3n) is 4.22. The maximum atomic E-state index is 12.7. The summed E-state index contributed by atoms with van der Waals surface area (Å²) in [5, 5.41) is 5.19. The van der Waals surface area contributed by atoms with E-state index in [0.717, 1.165) is 0 Å². The molecule has 0 aromatic heterocycles. The van der Waals surface area contributed by atoms with E-state index in [9.17, 15) is 19.2 Å². The van der Waals surface area contributed by atoms with Gasteiger partial charge < -0.3 is 21.1 Å². The van der Waals surface area contributed by atoms with Crippen molar-refractivity contribution in [3.63, 3.8) is 0 Å². The van der Waals surface area contributed by atoms with Crippen molar-refractivity contribution in [3.8, 4) is 0 Å². The summed E-state index contributed by atoms with van der Waals surface area (Å²) < 4.78 is 5.36. The molecule has 0 unspecified atom stereocenters. The van der Waals surface area contributed by atoms with Crippen molar-refractivity contribution in [1.82, 2.24) is 15.5 Å². The van der Waals surface area contributed by atoms with Crippen LogP contribution in [0.3, 0.4) is 0 Å². The molecular formula is C18H32N4O5. The molecule has 0 saturated carbocycles. The highest BCUT2D eigenvalue weighted by Crippen LogP contribution is 2.21. The van der Waals surface area contributed by atoms with Crippen LogP contribution in [-0.4, -0.2) is 59.0 Å². The smallest absolute Gasteiger partial charge is 0.410 e. The van der Waals surface area contributed by atoms with Crippen molar-refractivity contribution in [2.45, 2.75) is 78.1 Å². The van der Waals surface area contributed by atoms with Crippen molar-refractivity contribution >= 4 is 23.8 Å². The lowest BCUT2D eigenvalue weighted by Crippen LogP contribution is -2.57. The van der Waals surface area contributed by atoms with E-state index in [1.807, 2.05) is 0 Å². The number of ether oxygens (including phenoxy) is 1. The van der Waals surface area contributed by atoms with Gasteiger partial charge in [0.05, 0.1) is 0 Å². The van der Waals surface area contributed by atoms with Crippen LogP contribution in [0.15, 0.2) is 0 Å². The lowest BCUT2D eigenvalue weighted by molar-refractivity contribution is -0.133. The van der Waals surface area contributed by atoms with Gasteiger partial charge in [-0.25, -0.2) is 4.79 Å². The van der Waals surface area contributed by atoms with Crippen LogP contribution in [0.4, 0.5) is 4.79 Å². The fraction of sp³-hybridized carbons (Fsp3) is 0.778. The number of primary amides is 1. The normalized spacial score (nSPS) is 19.4. The molecule has 9 heteroatoms. The Bertz CT molecular complexity index is 585. The van der Waals surface area contributed by atoms with Crippen LogP contribution >= 0.6 is 0 Å². The molecule has 1 aliphatic heterocycles. The van der Waals surface area contributed by atoms with E-state index >= 15 is 0 Å². The number of nitrogens with one attached hydrogen (secondary N) is 2. The molecule has 1 aliphatic rings. The summed E-state index contributed by atoms with van der Waals surface area (Å²) in [7, 11) is 0. The van der Waals surface area contributed by atoms with Crippen LogP contribution in [0.1, 0.15) is 54.4 Å². The third kappa shape index (κ3) is 6.73. The van der Waals surface area contributed by atoms with E-state index in [1.165, 1.54) is 11.8 Å². The molecule has 4 amide bonds. The van der Waals surface area contributed by atoms with Crippen LogP contribution in [0.25, 0.3) is 0 Å². The van der Waals surface area contributed by atoms with Crippen LogP contribution in [0.2, 0.25) is 0 Å². The Morgan fingerprint density at radius 2 is 1.70 bits per heavy atom. The molecule has 1 fully saturated rings. The molecule has 0 aromatic carbocycles. The number of nitrogens with two attached hydrogens (primary N) is 1. The van der Waals surface area contributed by atoms with Crippen molar-refractivity contribution in [2.75, 3.05) is 6.54 Å². The Morgan fingerprint density at radius 3 is 2.19 bits per heavy atom. The molecule has 1 saturated heterocycles. The molecule has 27 heavy (non-hydrogen) atoms. The maximum Gasteiger partial charge on any atom is 0.410 e. The number of hydrogen-bond acceptors (Lipinski definition) is 5. The minimum absolute atomic E-state index is 0.217. The summed E-state index contributed by atoms with van der Waals surface area (Å²) in [6, 6.07) is -2.39. The number of carbonyl (C=O) groups excluding carboxylic acids is 4. The Balaban J connectivity index is 2.81. The Hall–Kier alpha value is -2.32. The van der Waals surface area contributed by atoms with Gasteiger partial charge in [-0.05, 0) is 46.5 Å². The average Bonchev–Trinajstić information content (AvgIpc) is 2.99. The molecule has 1 heterocycles. The highest BCUT2D eigenvalue weighted by atomic mass is 16.6. The summed E-state index contributed by atoms with van der Waals surface area (Å²) in [6.07, 6.45) is 0.622. The minimum atomic E-state index is -0.847. The molecule has 0 radical (unpaired) electrons. The van der Waals surface area contributed by atoms with Gasteiger partial charge in [0, 0.05) is 6.54 Å². The molecule has 1 rings (SSSR count). The predicted octanol–water partition coefficient (Wildman–Crippen LogP) is 0.517. The van der Waals surface area contributed by atoms with Crippen LogP contribution < -0.4 is 16.4 Å². The molecule has 0 aliphatic carbocycles. The second kappa shape index (κ2) is 9.05. The number of nitrogens with zero attached hydrogens (tertiary/aromatic N) is 1. The lowest BCUT2D eigenvalue weighted by atomic mass is 10.0. The average molecular weight is 384 g/mol. The number of likely N-dealkylation sites (tertiary alicyclic amines) is 1. The SMILES string of the molecule is CC(C)[C@H](NC(=O)[C@H]1CCCN1C(=O)OC(C)(C)C)C(=O)N[C@@H](C)C(N)=O. The van der Waals surface area contributed by atoms with Crippen molar-refractivity contribution in [1.29, 1.82) is 0 Å². The summed E-state index contributed by atoms with van der Waals surface area (Å²) in [5.41, 5.74) is 4.50. The van der Waals surface area contributed by atoms with E-state index in [1.54, 1.807) is 34.6 Å². The standard InChI is InChI=1S/C18H32N4O5/c1-10(2)13(16(25)20-11(3)14(19)23)21-15(24)12-8-7-9-22(12)17(26)27-18(4,5)6/h10-13H,7-9H2,1-6H3,(H2,19,23)(H,20,25)(H,21,24)/t11-,12+,13-/m0/s1. The fourth-order valence-corrected chi connectivity index (χ4v) is 2.74. The van der Waals surface area contributed by atoms with Gasteiger partial charge in [-0.2, -0.15) is 0 Å². The molecule has 9 nitrogen and oxygen atoms in total. The largest absolute Gasteiger partial charge is 0.444 e. The van der Waals surface area contributed by atoms with Crippen molar-refractivity contribution in [3.05, 3.63) is 0 Å². The number of rotatable bonds is 6. The number of carbonyl (C=O) groups is 4. The summed E-state index contributed by atoms with van der Waals surface area (Å²) >= 11 is 0. The molecular weight excluding hydrogens is 352 g/mol. The zero-order chi connectivity index (χ0) is 20.9. The van der Waals surface area contributed by atoms with E-state index in [4.69, 9.17) is 10.5 Å². The first-order valence-electron chi connectivity index (χ1n) is 9.23. The van der Waals surface area contributed by atoms with Gasteiger partial charge in [0.15, 0.2) is 0 Å². The predicted molar refractivity (Wildman–Crippen MR) is 99.5 cm³/mol. The van der Waals surface area contributed by atoms with Crippen molar-refractivity contribution in [2.24, 2.45) is 11.7 Å². The second-order valence-corrected chi connectivity index (χ2v) is 8.19. The van der Waals surface area contributed by atoms with Crippen molar-refractivity contribution < 1.29 is 23.9 Å². The van der Waals surface area contributed by atoms with E-state index in [-0.39, 0.29) is 5.92 Å². The van der Waals surface area contributed by atoms with Gasteiger partial charge in [0.1, 0.15) is 23.7 Å². The Labute approximate surface area is 160 Å². The Morgan fingerprint density at radius 1 is 1.11 bits per heavy atom. The molecule has 0 bridgehead atoms. The quantitative estimate of drug-likeness (QED) is 0.614. The third-order valence-corrected chi connectivity index (χ3v) is 4.22. The lowest BCUT2D eigenvalue weighted by Gasteiger charge is -2.30. The molecule has 0 spiro atoms. The van der Waals surface area contributed by atoms with Crippen LogP contribution in [-0.2, 0) is 19.1 Å². The van der Waals surface area contributed by atoms with E-state index < -0.39 is 47.5 Å². The highest BCUT2D eigenvalue weighted by Gasteiger charge is 2.38. The summed E-state index contributed by atoms with van der Waals surface area (Å²) in [4.78, 5) is 50.0. The zero-order valence-electron chi connectivity index (χ0n) is 17.0. The van der Waals surface area contributed by atoms with Crippen LogP contribution in [0.5, 0.6) is 0 Å². The van der Waals surface area contributed by atoms with E-state index in [2.05, 4.69) is 10.6 Å². The fourth-order valence-electron chi connectivity index (χ4n) is 2.74. The minimum Gasteiger partial charge on any atom is -0.444 e. The van der Waals surface area contributed by atoms with Crippen LogP contribution in [0, 0.1) is 5.92 Å². The number of amides is 4. The van der Waals surface area contributed by atoms with Gasteiger partial charge >= 0.3 is 6.09 Å². The first-order valence-corrected chi connectivity index (χ1v) is 9.23. The van der Waals surface area contributed by atoms with E-state index in [0.29, 0.717) is 19.4 Å². The molecule has 3 atom stereocenters. The zero-order valence-corrected chi connectivity index (χ0v) is 17.0. The molecule has 154 valence electrons. The van der Waals surface area contributed by atoms with Gasteiger partial charge in [0.2, 0.25) is 17.7 Å². The topological polar surface area (TPSA) is 131 Å². The summed E-state index contributed by atoms with van der Waals surface area (Å²) in [5.74, 6) is -1.79. The van der Waals surface area contributed by atoms with Gasteiger partial charge in [-0.1, -0.05) is 13.8 Å². The first kappa shape index (κ1) is 22.7. The first-order chi connectivity index (χ1) is 12.3. The summed E-state index contributed by atoms with van der Waals surface area (Å²) in [6.45, 7) is 10.7. The number of hydrogen-bond donors (Lipinski definition) is 3. The second-order valence-electron chi connectivity index (χ2n) is 8.19. The highest BCUT2D eigenvalue weighted by molar-refractivity contribution is 5.93.